The van der Waals surface area contributed by atoms with E-state index in [0.29, 0.717) is 5.56 Å². The predicted molar refractivity (Wildman–Crippen MR) is 131 cm³/mol. The number of benzene rings is 1. The van der Waals surface area contributed by atoms with Gasteiger partial charge in [-0.2, -0.15) is 0 Å². The Morgan fingerprint density at radius 1 is 1.12 bits per heavy atom. The summed E-state index contributed by atoms with van der Waals surface area (Å²) in [6, 6.07) is 11.7. The quantitative estimate of drug-likeness (QED) is 0.547. The molecule has 0 spiro atoms. The van der Waals surface area contributed by atoms with E-state index in [2.05, 4.69) is 17.2 Å². The molecule has 1 unspecified atom stereocenters. The van der Waals surface area contributed by atoms with Gasteiger partial charge in [0.15, 0.2) is 0 Å². The fraction of sp³-hybridized carbons (Fsp3) is 0.333. The molecule has 7 nitrogen and oxygen atoms in total. The summed E-state index contributed by atoms with van der Waals surface area (Å²) in [6.07, 6.45) is 7.46. The number of pyridine rings is 2. The number of nitrogens with zero attached hydrogens (tertiary/aromatic N) is 2. The molecule has 4 rings (SSSR count). The number of aromatic nitrogens is 2. The largest absolute Gasteiger partial charge is 0.481 e. The van der Waals surface area contributed by atoms with Gasteiger partial charge in [0, 0.05) is 30.2 Å². The maximum absolute atomic E-state index is 12.5. The van der Waals surface area contributed by atoms with E-state index >= 15 is 0 Å². The first kappa shape index (κ1) is 24.9. The van der Waals surface area contributed by atoms with Gasteiger partial charge in [0.2, 0.25) is 5.91 Å². The van der Waals surface area contributed by atoms with Crippen LogP contribution in [-0.2, 0) is 16.1 Å². The van der Waals surface area contributed by atoms with Gasteiger partial charge in [0.05, 0.1) is 12.5 Å². The smallest absolute Gasteiger partial charge is 0.305 e. The Bertz CT molecular complexity index is 1190. The zero-order valence-corrected chi connectivity index (χ0v) is 19.8. The van der Waals surface area contributed by atoms with Gasteiger partial charge >= 0.3 is 5.97 Å². The van der Waals surface area contributed by atoms with Gasteiger partial charge in [-0.05, 0) is 54.2 Å². The minimum Gasteiger partial charge on any atom is -0.481 e. The second kappa shape index (κ2) is 11.4. The van der Waals surface area contributed by atoms with Gasteiger partial charge in [-0.1, -0.05) is 44.0 Å². The zero-order valence-electron chi connectivity index (χ0n) is 19.8. The van der Waals surface area contributed by atoms with E-state index in [-0.39, 0.29) is 18.5 Å². The molecule has 1 amide bonds. The molecule has 2 aromatic heterocycles. The van der Waals surface area contributed by atoms with Crippen LogP contribution in [0.25, 0.3) is 11.1 Å². The second-order valence-corrected chi connectivity index (χ2v) is 8.84. The van der Waals surface area contributed by atoms with Gasteiger partial charge in [-0.15, -0.1) is 0 Å². The van der Waals surface area contributed by atoms with Crippen molar-refractivity contribution >= 4 is 11.9 Å². The molecule has 0 radical (unpaired) electrons. The molecule has 1 saturated carbocycles. The second-order valence-electron chi connectivity index (χ2n) is 8.84. The Morgan fingerprint density at radius 3 is 2.38 bits per heavy atom. The maximum Gasteiger partial charge on any atom is 0.305 e. The maximum atomic E-state index is 12.5. The SMILES string of the molecule is CC1CC1.Cc1cccc(C)c1-c1cncc(C(CC(=O)O)NC(=O)Cn2ccccc2=O)c1. The standard InChI is InChI=1S/C23H23N3O4.C4H8/c1-15-6-5-7-16(2)23(15)18-10-17(12-24-13-18)19(11-22(29)30)25-20(27)14-26-9-4-3-8-21(26)28;1-4-2-3-4/h3-10,12-13,19H,11,14H2,1-2H3,(H,25,27)(H,29,30);4H,2-3H2,1H3. The number of aryl methyl sites for hydroxylation is 2. The molecule has 178 valence electrons. The van der Waals surface area contributed by atoms with E-state index in [4.69, 9.17) is 0 Å². The number of hydrogen-bond acceptors (Lipinski definition) is 4. The summed E-state index contributed by atoms with van der Waals surface area (Å²) in [5.41, 5.74) is 4.33. The van der Waals surface area contributed by atoms with Crippen LogP contribution in [0, 0.1) is 19.8 Å². The van der Waals surface area contributed by atoms with E-state index in [1.54, 1.807) is 24.5 Å². The van der Waals surface area contributed by atoms with Crippen molar-refractivity contribution in [2.45, 2.75) is 52.6 Å². The Labute approximate surface area is 199 Å². The fourth-order valence-electron chi connectivity index (χ4n) is 3.63. The first-order valence-corrected chi connectivity index (χ1v) is 11.4. The topological polar surface area (TPSA) is 101 Å². The Kier molecular flexibility index (Phi) is 8.35. The van der Waals surface area contributed by atoms with E-state index < -0.39 is 17.9 Å². The van der Waals surface area contributed by atoms with Gasteiger partial charge in [0.1, 0.15) is 6.54 Å². The molecule has 0 aliphatic heterocycles. The third-order valence-electron chi connectivity index (χ3n) is 5.72. The van der Waals surface area contributed by atoms with Crippen LogP contribution in [0.15, 0.2) is 65.8 Å². The van der Waals surface area contributed by atoms with Crippen molar-refractivity contribution in [2.75, 3.05) is 0 Å². The predicted octanol–water partition coefficient (Wildman–Crippen LogP) is 4.28. The van der Waals surface area contributed by atoms with Gasteiger partial charge in [-0.3, -0.25) is 19.4 Å². The molecule has 1 fully saturated rings. The molecule has 0 bridgehead atoms. The highest BCUT2D eigenvalue weighted by molar-refractivity contribution is 5.78. The van der Waals surface area contributed by atoms with Crippen molar-refractivity contribution in [3.63, 3.8) is 0 Å². The number of carbonyl (C=O) groups is 2. The lowest BCUT2D eigenvalue weighted by atomic mass is 9.94. The normalized spacial score (nSPS) is 13.4. The highest BCUT2D eigenvalue weighted by Crippen LogP contribution is 2.29. The number of amides is 1. The molecule has 3 aromatic rings. The number of carboxylic acids is 1. The van der Waals surface area contributed by atoms with Crippen LogP contribution in [0.1, 0.15) is 48.9 Å². The zero-order chi connectivity index (χ0) is 24.7. The fourth-order valence-corrected chi connectivity index (χ4v) is 3.63. The molecule has 1 aliphatic carbocycles. The van der Waals surface area contributed by atoms with Crippen LogP contribution in [-0.4, -0.2) is 26.5 Å². The number of hydrogen-bond donors (Lipinski definition) is 2. The summed E-state index contributed by atoms with van der Waals surface area (Å²) in [5, 5.41) is 12.1. The summed E-state index contributed by atoms with van der Waals surface area (Å²) < 4.78 is 1.26. The first-order valence-electron chi connectivity index (χ1n) is 11.4. The molecule has 7 heteroatoms. The van der Waals surface area contributed by atoms with E-state index in [1.807, 2.05) is 38.1 Å². The Balaban J connectivity index is 0.000000732. The monoisotopic (exact) mass is 461 g/mol. The number of nitrogens with one attached hydrogen (secondary N) is 1. The molecule has 1 aliphatic rings. The third kappa shape index (κ3) is 7.13. The van der Waals surface area contributed by atoms with Crippen LogP contribution in [0.2, 0.25) is 0 Å². The van der Waals surface area contributed by atoms with E-state index in [1.165, 1.54) is 29.7 Å². The summed E-state index contributed by atoms with van der Waals surface area (Å²) in [6.45, 7) is 6.09. The Hall–Kier alpha value is -3.74. The lowest BCUT2D eigenvalue weighted by Crippen LogP contribution is -2.35. The molecule has 1 atom stereocenters. The van der Waals surface area contributed by atoms with Gasteiger partial charge in [-0.25, -0.2) is 0 Å². The molecule has 0 saturated heterocycles. The van der Waals surface area contributed by atoms with Crippen molar-refractivity contribution in [1.29, 1.82) is 0 Å². The number of rotatable bonds is 7. The first-order chi connectivity index (χ1) is 16.2. The van der Waals surface area contributed by atoms with Crippen LogP contribution >= 0.6 is 0 Å². The van der Waals surface area contributed by atoms with Crippen LogP contribution in [0.5, 0.6) is 0 Å². The van der Waals surface area contributed by atoms with Crippen molar-refractivity contribution in [1.82, 2.24) is 14.9 Å². The van der Waals surface area contributed by atoms with E-state index in [0.717, 1.165) is 28.2 Å². The van der Waals surface area contributed by atoms with Crippen LogP contribution < -0.4 is 10.9 Å². The van der Waals surface area contributed by atoms with Crippen molar-refractivity contribution in [3.8, 4) is 11.1 Å². The van der Waals surface area contributed by atoms with Crippen molar-refractivity contribution in [3.05, 3.63) is 88.1 Å². The lowest BCUT2D eigenvalue weighted by molar-refractivity contribution is -0.137. The highest BCUT2D eigenvalue weighted by Gasteiger charge is 2.20. The van der Waals surface area contributed by atoms with Crippen LogP contribution in [0.4, 0.5) is 0 Å². The molecular formula is C27H31N3O4. The Morgan fingerprint density at radius 2 is 1.79 bits per heavy atom. The van der Waals surface area contributed by atoms with Gasteiger partial charge < -0.3 is 15.0 Å². The summed E-state index contributed by atoms with van der Waals surface area (Å²) in [4.78, 5) is 40.0. The minimum absolute atomic E-state index is 0.195. The van der Waals surface area contributed by atoms with Crippen molar-refractivity contribution in [2.24, 2.45) is 5.92 Å². The van der Waals surface area contributed by atoms with Crippen LogP contribution in [0.3, 0.4) is 0 Å². The van der Waals surface area contributed by atoms with E-state index in [9.17, 15) is 19.5 Å². The summed E-state index contributed by atoms with van der Waals surface area (Å²) in [7, 11) is 0. The molecule has 2 N–H and O–H groups in total. The summed E-state index contributed by atoms with van der Waals surface area (Å²) >= 11 is 0. The summed E-state index contributed by atoms with van der Waals surface area (Å²) in [5.74, 6) is -0.415. The van der Waals surface area contributed by atoms with Gasteiger partial charge in [0.25, 0.3) is 5.56 Å². The molecule has 2 heterocycles. The number of carboxylic acid groups (broad SMARTS) is 1. The molecular weight excluding hydrogens is 430 g/mol. The highest BCUT2D eigenvalue weighted by atomic mass is 16.4. The molecule has 34 heavy (non-hydrogen) atoms. The number of carbonyl (C=O) groups excluding carboxylic acids is 1. The lowest BCUT2D eigenvalue weighted by Gasteiger charge is -2.19. The average Bonchev–Trinajstić information content (AvgIpc) is 3.57. The number of aliphatic carboxylic acids is 1. The minimum atomic E-state index is -1.05. The molecule has 1 aromatic carbocycles. The van der Waals surface area contributed by atoms with Crippen molar-refractivity contribution < 1.29 is 14.7 Å². The third-order valence-corrected chi connectivity index (χ3v) is 5.72. The average molecular weight is 462 g/mol.